The SMILES string of the molecule is Cc1ccc(S(=O)(=O)N2CCC(CNc3nccc(C)n3)CC2)cc1. The molecule has 2 aromatic rings. The molecule has 0 saturated carbocycles. The van der Waals surface area contributed by atoms with E-state index in [4.69, 9.17) is 0 Å². The molecule has 0 atom stereocenters. The van der Waals surface area contributed by atoms with Crippen LogP contribution in [-0.2, 0) is 10.0 Å². The molecule has 6 nitrogen and oxygen atoms in total. The number of hydrogen-bond acceptors (Lipinski definition) is 5. The molecule has 0 amide bonds. The lowest BCUT2D eigenvalue weighted by Gasteiger charge is -2.31. The van der Waals surface area contributed by atoms with Gasteiger partial charge in [0, 0.05) is 31.5 Å². The Morgan fingerprint density at radius 1 is 1.12 bits per heavy atom. The van der Waals surface area contributed by atoms with Gasteiger partial charge in [0.05, 0.1) is 4.90 Å². The van der Waals surface area contributed by atoms with Crippen molar-refractivity contribution in [2.24, 2.45) is 5.92 Å². The fourth-order valence-corrected chi connectivity index (χ4v) is 4.45. The predicted molar refractivity (Wildman–Crippen MR) is 97.9 cm³/mol. The third kappa shape index (κ3) is 4.35. The fourth-order valence-electron chi connectivity index (χ4n) is 2.98. The van der Waals surface area contributed by atoms with Gasteiger partial charge >= 0.3 is 0 Å². The van der Waals surface area contributed by atoms with Crippen LogP contribution < -0.4 is 5.32 Å². The first-order chi connectivity index (χ1) is 11.9. The molecule has 0 unspecified atom stereocenters. The standard InChI is InChI=1S/C18H24N4O2S/c1-14-3-5-17(6-4-14)25(23,24)22-11-8-16(9-12-22)13-20-18-19-10-7-15(2)21-18/h3-7,10,16H,8-9,11-13H2,1-2H3,(H,19,20,21). The Morgan fingerprint density at radius 2 is 1.80 bits per heavy atom. The van der Waals surface area contributed by atoms with Gasteiger partial charge in [-0.2, -0.15) is 4.31 Å². The van der Waals surface area contributed by atoms with Crippen molar-refractivity contribution >= 4 is 16.0 Å². The summed E-state index contributed by atoms with van der Waals surface area (Å²) in [5.74, 6) is 1.06. The van der Waals surface area contributed by atoms with Gasteiger partial charge in [-0.1, -0.05) is 17.7 Å². The van der Waals surface area contributed by atoms with Crippen LogP contribution in [0, 0.1) is 19.8 Å². The van der Waals surface area contributed by atoms with Crippen molar-refractivity contribution < 1.29 is 8.42 Å². The normalized spacial score (nSPS) is 16.7. The second-order valence-electron chi connectivity index (χ2n) is 6.56. The summed E-state index contributed by atoms with van der Waals surface area (Å²) < 4.78 is 27.0. The molecule has 0 aliphatic carbocycles. The molecule has 7 heteroatoms. The predicted octanol–water partition coefficient (Wildman–Crippen LogP) is 2.61. The number of aryl methyl sites for hydroxylation is 2. The molecule has 0 spiro atoms. The highest BCUT2D eigenvalue weighted by molar-refractivity contribution is 7.89. The van der Waals surface area contributed by atoms with Gasteiger partial charge in [0.25, 0.3) is 0 Å². The zero-order valence-corrected chi connectivity index (χ0v) is 15.5. The highest BCUT2D eigenvalue weighted by atomic mass is 32.2. The molecule has 1 aliphatic heterocycles. The third-order valence-electron chi connectivity index (χ3n) is 4.58. The number of benzene rings is 1. The van der Waals surface area contributed by atoms with Crippen LogP contribution in [0.25, 0.3) is 0 Å². The molecule has 134 valence electrons. The largest absolute Gasteiger partial charge is 0.354 e. The molecular weight excluding hydrogens is 336 g/mol. The molecule has 1 aromatic carbocycles. The van der Waals surface area contributed by atoms with E-state index in [1.807, 2.05) is 32.0 Å². The van der Waals surface area contributed by atoms with Crippen LogP contribution in [0.1, 0.15) is 24.1 Å². The number of rotatable bonds is 5. The third-order valence-corrected chi connectivity index (χ3v) is 6.49. The van der Waals surface area contributed by atoms with Crippen LogP contribution in [0.3, 0.4) is 0 Å². The minimum absolute atomic E-state index is 0.378. The lowest BCUT2D eigenvalue weighted by atomic mass is 9.98. The van der Waals surface area contributed by atoms with Crippen LogP contribution in [0.2, 0.25) is 0 Å². The summed E-state index contributed by atoms with van der Waals surface area (Å²) in [4.78, 5) is 8.90. The second-order valence-corrected chi connectivity index (χ2v) is 8.50. The molecule has 1 saturated heterocycles. The number of anilines is 1. The van der Waals surface area contributed by atoms with E-state index in [1.165, 1.54) is 0 Å². The summed E-state index contributed by atoms with van der Waals surface area (Å²) in [6.07, 6.45) is 3.41. The summed E-state index contributed by atoms with van der Waals surface area (Å²) >= 11 is 0. The van der Waals surface area contributed by atoms with E-state index in [9.17, 15) is 8.42 Å². The van der Waals surface area contributed by atoms with Crippen LogP contribution >= 0.6 is 0 Å². The quantitative estimate of drug-likeness (QED) is 0.887. The summed E-state index contributed by atoms with van der Waals surface area (Å²) in [7, 11) is -3.39. The van der Waals surface area contributed by atoms with Crippen molar-refractivity contribution in [2.75, 3.05) is 25.0 Å². The Morgan fingerprint density at radius 3 is 2.44 bits per heavy atom. The number of nitrogens with zero attached hydrogens (tertiary/aromatic N) is 3. The van der Waals surface area contributed by atoms with E-state index in [1.54, 1.807) is 22.6 Å². The molecule has 2 heterocycles. The summed E-state index contributed by atoms with van der Waals surface area (Å²) in [6, 6.07) is 8.91. The molecule has 1 aromatic heterocycles. The van der Waals surface area contributed by atoms with E-state index in [0.29, 0.717) is 29.9 Å². The minimum atomic E-state index is -3.39. The van der Waals surface area contributed by atoms with Gasteiger partial charge in [0.1, 0.15) is 0 Å². The summed E-state index contributed by atoms with van der Waals surface area (Å²) in [6.45, 7) is 5.75. The lowest BCUT2D eigenvalue weighted by molar-refractivity contribution is 0.282. The first-order valence-electron chi connectivity index (χ1n) is 8.55. The molecule has 1 aliphatic rings. The number of aromatic nitrogens is 2. The van der Waals surface area contributed by atoms with Gasteiger partial charge < -0.3 is 5.32 Å². The van der Waals surface area contributed by atoms with Crippen LogP contribution in [0.5, 0.6) is 0 Å². The second kappa shape index (κ2) is 7.49. The number of hydrogen-bond donors (Lipinski definition) is 1. The molecule has 0 radical (unpaired) electrons. The van der Waals surface area contributed by atoms with Crippen molar-refractivity contribution in [3.8, 4) is 0 Å². The Balaban J connectivity index is 1.55. The van der Waals surface area contributed by atoms with E-state index in [0.717, 1.165) is 30.6 Å². The van der Waals surface area contributed by atoms with Crippen molar-refractivity contribution in [3.63, 3.8) is 0 Å². The van der Waals surface area contributed by atoms with Crippen LogP contribution in [0.4, 0.5) is 5.95 Å². The van der Waals surface area contributed by atoms with Crippen molar-refractivity contribution in [1.29, 1.82) is 0 Å². The molecule has 3 rings (SSSR count). The topological polar surface area (TPSA) is 75.2 Å². The van der Waals surface area contributed by atoms with Crippen molar-refractivity contribution in [3.05, 3.63) is 47.8 Å². The zero-order chi connectivity index (χ0) is 17.9. The highest BCUT2D eigenvalue weighted by Crippen LogP contribution is 2.24. The molecular formula is C18H24N4O2S. The van der Waals surface area contributed by atoms with E-state index >= 15 is 0 Å². The average molecular weight is 360 g/mol. The fraction of sp³-hybridized carbons (Fsp3) is 0.444. The minimum Gasteiger partial charge on any atom is -0.354 e. The summed E-state index contributed by atoms with van der Waals surface area (Å²) in [5.41, 5.74) is 1.98. The van der Waals surface area contributed by atoms with Crippen LogP contribution in [0.15, 0.2) is 41.4 Å². The molecule has 25 heavy (non-hydrogen) atoms. The Kier molecular flexibility index (Phi) is 5.34. The number of nitrogens with one attached hydrogen (secondary N) is 1. The van der Waals surface area contributed by atoms with Crippen molar-refractivity contribution in [2.45, 2.75) is 31.6 Å². The maximum Gasteiger partial charge on any atom is 0.243 e. The smallest absolute Gasteiger partial charge is 0.243 e. The van der Waals surface area contributed by atoms with Gasteiger partial charge in [-0.25, -0.2) is 18.4 Å². The van der Waals surface area contributed by atoms with E-state index in [2.05, 4.69) is 15.3 Å². The molecule has 1 N–H and O–H groups in total. The van der Waals surface area contributed by atoms with Crippen LogP contribution in [-0.4, -0.2) is 42.3 Å². The van der Waals surface area contributed by atoms with Gasteiger partial charge in [-0.05, 0) is 50.8 Å². The monoisotopic (exact) mass is 360 g/mol. The summed E-state index contributed by atoms with van der Waals surface area (Å²) in [5, 5.41) is 3.26. The lowest BCUT2D eigenvalue weighted by Crippen LogP contribution is -2.39. The number of piperidine rings is 1. The van der Waals surface area contributed by atoms with Gasteiger partial charge in [0.2, 0.25) is 16.0 Å². The maximum absolute atomic E-state index is 12.7. The Bertz CT molecular complexity index is 813. The highest BCUT2D eigenvalue weighted by Gasteiger charge is 2.29. The van der Waals surface area contributed by atoms with Gasteiger partial charge in [0.15, 0.2) is 0 Å². The first-order valence-corrected chi connectivity index (χ1v) is 9.99. The average Bonchev–Trinajstić information content (AvgIpc) is 2.61. The van der Waals surface area contributed by atoms with Gasteiger partial charge in [-0.15, -0.1) is 0 Å². The van der Waals surface area contributed by atoms with E-state index in [-0.39, 0.29) is 0 Å². The first kappa shape index (κ1) is 17.8. The zero-order valence-electron chi connectivity index (χ0n) is 14.6. The Hall–Kier alpha value is -1.99. The number of sulfonamides is 1. The van der Waals surface area contributed by atoms with E-state index < -0.39 is 10.0 Å². The molecule has 0 bridgehead atoms. The molecule has 1 fully saturated rings. The maximum atomic E-state index is 12.7. The van der Waals surface area contributed by atoms with Gasteiger partial charge in [-0.3, -0.25) is 0 Å². The van der Waals surface area contributed by atoms with Crippen molar-refractivity contribution in [1.82, 2.24) is 14.3 Å². The Labute approximate surface area is 149 Å².